The smallest absolute Gasteiger partial charge is 0.269 e. The molecular formula is C22H19ClN4O5S. The highest BCUT2D eigenvalue weighted by Crippen LogP contribution is 2.19. The molecule has 0 aliphatic rings. The lowest BCUT2D eigenvalue weighted by atomic mass is 10.2. The maximum Gasteiger partial charge on any atom is 0.269 e. The van der Waals surface area contributed by atoms with E-state index in [1.807, 2.05) is 0 Å². The Kier molecular flexibility index (Phi) is 7.88. The van der Waals surface area contributed by atoms with E-state index in [4.69, 9.17) is 11.6 Å². The average molecular weight is 487 g/mol. The van der Waals surface area contributed by atoms with Crippen LogP contribution in [0.1, 0.15) is 11.1 Å². The number of benzene rings is 3. The molecule has 1 amide bonds. The number of nitro groups is 1. The van der Waals surface area contributed by atoms with Crippen molar-refractivity contribution in [1.29, 1.82) is 0 Å². The maximum absolute atomic E-state index is 13.1. The quantitative estimate of drug-likeness (QED) is 0.281. The van der Waals surface area contributed by atoms with Gasteiger partial charge >= 0.3 is 0 Å². The third-order valence-electron chi connectivity index (χ3n) is 4.48. The van der Waals surface area contributed by atoms with Gasteiger partial charge in [0, 0.05) is 23.7 Å². The number of nitrogens with one attached hydrogen (secondary N) is 1. The van der Waals surface area contributed by atoms with Crippen LogP contribution in [0.4, 0.5) is 5.69 Å². The van der Waals surface area contributed by atoms with E-state index in [0.717, 1.165) is 4.31 Å². The fraction of sp³-hybridized carbons (Fsp3) is 0.0909. The van der Waals surface area contributed by atoms with E-state index in [9.17, 15) is 23.3 Å². The predicted octanol–water partition coefficient (Wildman–Crippen LogP) is 3.59. The van der Waals surface area contributed by atoms with Gasteiger partial charge in [-0.1, -0.05) is 41.9 Å². The van der Waals surface area contributed by atoms with Gasteiger partial charge in [0.1, 0.15) is 0 Å². The van der Waals surface area contributed by atoms with Gasteiger partial charge in [0.15, 0.2) is 0 Å². The normalized spacial score (nSPS) is 11.6. The van der Waals surface area contributed by atoms with Crippen LogP contribution in [0.25, 0.3) is 0 Å². The molecule has 0 unspecified atom stereocenters. The molecule has 3 aromatic carbocycles. The van der Waals surface area contributed by atoms with Gasteiger partial charge in [-0.3, -0.25) is 14.9 Å². The second kappa shape index (κ2) is 10.8. The second-order valence-electron chi connectivity index (χ2n) is 6.85. The Hall–Kier alpha value is -3.60. The average Bonchev–Trinajstić information content (AvgIpc) is 2.81. The van der Waals surface area contributed by atoms with Crippen LogP contribution in [0.15, 0.2) is 88.9 Å². The minimum Gasteiger partial charge on any atom is -0.272 e. The lowest BCUT2D eigenvalue weighted by Crippen LogP contribution is -2.39. The summed E-state index contributed by atoms with van der Waals surface area (Å²) in [5, 5.41) is 15.0. The number of hydrogen-bond donors (Lipinski definition) is 1. The fourth-order valence-electron chi connectivity index (χ4n) is 2.82. The summed E-state index contributed by atoms with van der Waals surface area (Å²) in [6.07, 6.45) is 1.30. The number of hydrazone groups is 1. The Labute approximate surface area is 195 Å². The molecule has 170 valence electrons. The first-order valence-electron chi connectivity index (χ1n) is 9.62. The lowest BCUT2D eigenvalue weighted by molar-refractivity contribution is -0.384. The van der Waals surface area contributed by atoms with E-state index in [0.29, 0.717) is 16.1 Å². The van der Waals surface area contributed by atoms with Gasteiger partial charge in [-0.2, -0.15) is 9.41 Å². The minimum absolute atomic E-state index is 0.0477. The van der Waals surface area contributed by atoms with Crippen LogP contribution in [0.2, 0.25) is 5.02 Å². The van der Waals surface area contributed by atoms with Crippen LogP contribution < -0.4 is 5.43 Å². The molecular weight excluding hydrogens is 468 g/mol. The van der Waals surface area contributed by atoms with E-state index >= 15 is 0 Å². The Balaban J connectivity index is 1.74. The summed E-state index contributed by atoms with van der Waals surface area (Å²) in [5.41, 5.74) is 3.40. The van der Waals surface area contributed by atoms with Crippen molar-refractivity contribution < 1.29 is 18.1 Å². The number of nitrogens with zero attached hydrogens (tertiary/aromatic N) is 3. The van der Waals surface area contributed by atoms with Crippen molar-refractivity contribution in [2.45, 2.75) is 11.4 Å². The molecule has 0 aliphatic carbocycles. The molecule has 0 heterocycles. The van der Waals surface area contributed by atoms with Crippen LogP contribution in [0.3, 0.4) is 0 Å². The SMILES string of the molecule is O=C(CN(Cc1ccc(Cl)cc1)S(=O)(=O)c1ccccc1)N/N=C/c1ccc([N+](=O)[O-])cc1. The van der Waals surface area contributed by atoms with Gasteiger partial charge in [0.2, 0.25) is 10.0 Å². The van der Waals surface area contributed by atoms with Crippen LogP contribution >= 0.6 is 11.6 Å². The van der Waals surface area contributed by atoms with E-state index in [2.05, 4.69) is 10.5 Å². The standard InChI is InChI=1S/C22H19ClN4O5S/c23-19-10-6-18(7-11-19)15-26(33(31,32)21-4-2-1-3-5-21)16-22(28)25-24-14-17-8-12-20(13-9-17)27(29)30/h1-14H,15-16H2,(H,25,28)/b24-14+. The summed E-state index contributed by atoms with van der Waals surface area (Å²) < 4.78 is 27.3. The highest BCUT2D eigenvalue weighted by molar-refractivity contribution is 7.89. The number of amides is 1. The summed E-state index contributed by atoms with van der Waals surface area (Å²) >= 11 is 5.91. The van der Waals surface area contributed by atoms with Crippen LogP contribution in [-0.4, -0.2) is 36.3 Å². The van der Waals surface area contributed by atoms with E-state index in [1.54, 1.807) is 42.5 Å². The van der Waals surface area contributed by atoms with Crippen molar-refractivity contribution >= 4 is 39.4 Å². The predicted molar refractivity (Wildman–Crippen MR) is 124 cm³/mol. The first-order chi connectivity index (χ1) is 15.8. The molecule has 33 heavy (non-hydrogen) atoms. The van der Waals surface area contributed by atoms with Crippen LogP contribution in [0, 0.1) is 10.1 Å². The van der Waals surface area contributed by atoms with Crippen molar-refractivity contribution in [3.05, 3.63) is 105 Å². The van der Waals surface area contributed by atoms with Crippen LogP contribution in [-0.2, 0) is 21.4 Å². The Morgan fingerprint density at radius 3 is 2.27 bits per heavy atom. The molecule has 0 aromatic heterocycles. The fourth-order valence-corrected chi connectivity index (χ4v) is 4.35. The molecule has 0 saturated carbocycles. The van der Waals surface area contributed by atoms with Gasteiger partial charge in [0.05, 0.1) is 22.6 Å². The Morgan fingerprint density at radius 1 is 1.03 bits per heavy atom. The molecule has 0 aliphatic heterocycles. The highest BCUT2D eigenvalue weighted by atomic mass is 35.5. The van der Waals surface area contributed by atoms with E-state index in [-0.39, 0.29) is 17.1 Å². The topological polar surface area (TPSA) is 122 Å². The Morgan fingerprint density at radius 2 is 1.67 bits per heavy atom. The zero-order valence-electron chi connectivity index (χ0n) is 17.2. The molecule has 9 nitrogen and oxygen atoms in total. The second-order valence-corrected chi connectivity index (χ2v) is 9.23. The number of halogens is 1. The first kappa shape index (κ1) is 24.1. The number of carbonyl (C=O) groups excluding carboxylic acids is 1. The molecule has 3 rings (SSSR count). The number of carbonyl (C=O) groups is 1. The molecule has 0 atom stereocenters. The van der Waals surface area contributed by atoms with Gasteiger partial charge in [-0.05, 0) is 47.5 Å². The summed E-state index contributed by atoms with van der Waals surface area (Å²) in [5.74, 6) is -0.651. The first-order valence-corrected chi connectivity index (χ1v) is 11.4. The molecule has 0 radical (unpaired) electrons. The number of sulfonamides is 1. The van der Waals surface area contributed by atoms with Crippen molar-refractivity contribution in [1.82, 2.24) is 9.73 Å². The summed E-state index contributed by atoms with van der Waals surface area (Å²) in [6.45, 7) is -0.522. The van der Waals surface area contributed by atoms with Crippen molar-refractivity contribution in [3.8, 4) is 0 Å². The van der Waals surface area contributed by atoms with Crippen molar-refractivity contribution in [2.24, 2.45) is 5.10 Å². The van der Waals surface area contributed by atoms with Crippen LogP contribution in [0.5, 0.6) is 0 Å². The molecule has 0 bridgehead atoms. The van der Waals surface area contributed by atoms with Gasteiger partial charge < -0.3 is 0 Å². The third kappa shape index (κ3) is 6.69. The number of rotatable bonds is 9. The highest BCUT2D eigenvalue weighted by Gasteiger charge is 2.26. The summed E-state index contributed by atoms with van der Waals surface area (Å²) in [4.78, 5) is 22.7. The third-order valence-corrected chi connectivity index (χ3v) is 6.54. The van der Waals surface area contributed by atoms with Gasteiger partial charge in [0.25, 0.3) is 11.6 Å². The number of non-ortho nitro benzene ring substituents is 1. The van der Waals surface area contributed by atoms with Crippen molar-refractivity contribution in [3.63, 3.8) is 0 Å². The largest absolute Gasteiger partial charge is 0.272 e. The zero-order chi connectivity index (χ0) is 23.8. The Bertz CT molecular complexity index is 1250. The monoisotopic (exact) mass is 486 g/mol. The molecule has 11 heteroatoms. The summed E-state index contributed by atoms with van der Waals surface area (Å²) in [6, 6.07) is 20.0. The van der Waals surface area contributed by atoms with Gasteiger partial charge in [-0.15, -0.1) is 0 Å². The maximum atomic E-state index is 13.1. The van der Waals surface area contributed by atoms with E-state index in [1.165, 1.54) is 42.6 Å². The van der Waals surface area contributed by atoms with Crippen molar-refractivity contribution in [2.75, 3.05) is 6.54 Å². The number of nitro benzene ring substituents is 1. The number of hydrogen-bond acceptors (Lipinski definition) is 6. The minimum atomic E-state index is -3.97. The zero-order valence-corrected chi connectivity index (χ0v) is 18.7. The molecule has 3 aromatic rings. The molecule has 0 spiro atoms. The van der Waals surface area contributed by atoms with Gasteiger partial charge in [-0.25, -0.2) is 13.8 Å². The molecule has 0 fully saturated rings. The summed E-state index contributed by atoms with van der Waals surface area (Å²) in [7, 11) is -3.97. The van der Waals surface area contributed by atoms with E-state index < -0.39 is 27.4 Å². The lowest BCUT2D eigenvalue weighted by Gasteiger charge is -2.21. The molecule has 0 saturated heterocycles. The molecule has 1 N–H and O–H groups in total.